The molecule has 7 atom stereocenters. The van der Waals surface area contributed by atoms with Gasteiger partial charge in [0.2, 0.25) is 0 Å². The van der Waals surface area contributed by atoms with E-state index in [-0.39, 0.29) is 0 Å². The van der Waals surface area contributed by atoms with Crippen molar-refractivity contribution in [3.05, 3.63) is 23.5 Å². The summed E-state index contributed by atoms with van der Waals surface area (Å²) in [6.07, 6.45) is 17.4. The summed E-state index contributed by atoms with van der Waals surface area (Å²) in [5, 5.41) is 0. The lowest BCUT2D eigenvalue weighted by atomic mass is 9.47. The van der Waals surface area contributed by atoms with Crippen molar-refractivity contribution in [2.75, 3.05) is 7.11 Å². The van der Waals surface area contributed by atoms with Crippen LogP contribution in [0.15, 0.2) is 23.5 Å². The highest BCUT2D eigenvalue weighted by molar-refractivity contribution is 5.35. The van der Waals surface area contributed by atoms with Gasteiger partial charge in [-0.15, -0.1) is 0 Å². The second kappa shape index (κ2) is 6.71. The molecule has 0 bridgehead atoms. The first-order valence-electron chi connectivity index (χ1n) is 11.4. The largest absolute Gasteiger partial charge is 0.501 e. The Bertz CT molecular complexity index is 601. The van der Waals surface area contributed by atoms with Crippen LogP contribution < -0.4 is 0 Å². The summed E-state index contributed by atoms with van der Waals surface area (Å²) in [6, 6.07) is 0. The lowest BCUT2D eigenvalue weighted by Gasteiger charge is -2.57. The van der Waals surface area contributed by atoms with Crippen LogP contribution in [0, 0.1) is 40.4 Å². The van der Waals surface area contributed by atoms with Crippen molar-refractivity contribution in [3.8, 4) is 0 Å². The van der Waals surface area contributed by atoms with E-state index in [1.165, 1.54) is 57.1 Å². The Morgan fingerprint density at radius 1 is 1.15 bits per heavy atom. The Morgan fingerprint density at radius 2 is 1.96 bits per heavy atom. The SMILES string of the molecule is CCCC(C)[C@H]1CCC2C3CC=C4C=C(OC)CC[C@]4(C)C3CC[C@@]21C. The Morgan fingerprint density at radius 3 is 2.69 bits per heavy atom. The van der Waals surface area contributed by atoms with Gasteiger partial charge in [-0.2, -0.15) is 0 Å². The molecule has 0 aromatic heterocycles. The Kier molecular flexibility index (Phi) is 4.81. The maximum absolute atomic E-state index is 5.59. The highest BCUT2D eigenvalue weighted by Crippen LogP contribution is 2.67. The second-order valence-electron chi connectivity index (χ2n) is 10.5. The van der Waals surface area contributed by atoms with Crippen LogP contribution in [0.1, 0.15) is 85.5 Å². The van der Waals surface area contributed by atoms with E-state index in [0.29, 0.717) is 10.8 Å². The summed E-state index contributed by atoms with van der Waals surface area (Å²) < 4.78 is 5.59. The van der Waals surface area contributed by atoms with Crippen LogP contribution in [0.2, 0.25) is 0 Å². The van der Waals surface area contributed by atoms with Crippen molar-refractivity contribution >= 4 is 0 Å². The van der Waals surface area contributed by atoms with Gasteiger partial charge in [0.25, 0.3) is 0 Å². The Labute approximate surface area is 161 Å². The topological polar surface area (TPSA) is 9.23 Å². The molecule has 2 saturated carbocycles. The zero-order valence-corrected chi connectivity index (χ0v) is 17.8. The summed E-state index contributed by atoms with van der Waals surface area (Å²) in [4.78, 5) is 0. The molecular formula is C25H40O. The first kappa shape index (κ1) is 18.6. The molecule has 0 aliphatic heterocycles. The number of allylic oxidation sites excluding steroid dienone is 4. The first-order chi connectivity index (χ1) is 12.4. The van der Waals surface area contributed by atoms with Crippen LogP contribution in [0.3, 0.4) is 0 Å². The third-order valence-corrected chi connectivity index (χ3v) is 9.50. The van der Waals surface area contributed by atoms with Gasteiger partial charge in [-0.05, 0) is 90.6 Å². The Hall–Kier alpha value is -0.720. The molecule has 4 rings (SSSR count). The van der Waals surface area contributed by atoms with Gasteiger partial charge >= 0.3 is 0 Å². The number of methoxy groups -OCH3 is 1. The van der Waals surface area contributed by atoms with E-state index in [0.717, 1.165) is 36.0 Å². The summed E-state index contributed by atoms with van der Waals surface area (Å²) in [5.74, 6) is 5.88. The normalized spacial score (nSPS) is 45.7. The van der Waals surface area contributed by atoms with Crippen LogP contribution >= 0.6 is 0 Å². The molecule has 0 aromatic carbocycles. The molecule has 0 aromatic rings. The molecule has 1 nitrogen and oxygen atoms in total. The molecule has 146 valence electrons. The predicted molar refractivity (Wildman–Crippen MR) is 110 cm³/mol. The number of rotatable bonds is 4. The average Bonchev–Trinajstić information content (AvgIpc) is 2.98. The van der Waals surface area contributed by atoms with Gasteiger partial charge in [0.15, 0.2) is 0 Å². The van der Waals surface area contributed by atoms with E-state index in [2.05, 4.69) is 39.8 Å². The zero-order valence-electron chi connectivity index (χ0n) is 17.8. The molecule has 2 fully saturated rings. The third-order valence-electron chi connectivity index (χ3n) is 9.50. The molecule has 4 aliphatic carbocycles. The van der Waals surface area contributed by atoms with E-state index in [1.807, 2.05) is 7.11 Å². The lowest BCUT2D eigenvalue weighted by Crippen LogP contribution is -2.49. The smallest absolute Gasteiger partial charge is 0.0958 e. The van der Waals surface area contributed by atoms with Gasteiger partial charge in [0.1, 0.15) is 0 Å². The summed E-state index contributed by atoms with van der Waals surface area (Å²) in [7, 11) is 1.84. The summed E-state index contributed by atoms with van der Waals surface area (Å²) in [5.41, 5.74) is 2.61. The number of fused-ring (bicyclic) bond motifs is 5. The molecule has 0 amide bonds. The van der Waals surface area contributed by atoms with Gasteiger partial charge in [0, 0.05) is 6.42 Å². The van der Waals surface area contributed by atoms with Crippen molar-refractivity contribution in [3.63, 3.8) is 0 Å². The molecule has 26 heavy (non-hydrogen) atoms. The number of ether oxygens (including phenoxy) is 1. The van der Waals surface area contributed by atoms with Crippen molar-refractivity contribution < 1.29 is 4.74 Å². The minimum absolute atomic E-state index is 0.402. The van der Waals surface area contributed by atoms with Crippen LogP contribution in [0.5, 0.6) is 0 Å². The molecule has 0 heterocycles. The molecule has 0 spiro atoms. The van der Waals surface area contributed by atoms with E-state index in [9.17, 15) is 0 Å². The predicted octanol–water partition coefficient (Wildman–Crippen LogP) is 7.14. The van der Waals surface area contributed by atoms with Crippen molar-refractivity contribution in [1.82, 2.24) is 0 Å². The fraction of sp³-hybridized carbons (Fsp3) is 0.840. The zero-order chi connectivity index (χ0) is 18.5. The maximum Gasteiger partial charge on any atom is 0.0958 e. The molecule has 4 unspecified atom stereocenters. The average molecular weight is 357 g/mol. The van der Waals surface area contributed by atoms with E-state index in [4.69, 9.17) is 4.74 Å². The van der Waals surface area contributed by atoms with Crippen LogP contribution in [0.25, 0.3) is 0 Å². The molecule has 0 saturated heterocycles. The number of hydrogen-bond acceptors (Lipinski definition) is 1. The molecule has 1 heteroatoms. The van der Waals surface area contributed by atoms with E-state index in [1.54, 1.807) is 5.57 Å². The minimum atomic E-state index is 0.402. The standard InChI is InChI=1S/C25H40O/c1-6-7-17(2)21-10-11-22-20-9-8-18-16-19(26-5)12-14-24(18,3)23(20)13-15-25(21,22)4/h8,16-17,20-23H,6-7,9-15H2,1-5H3/t17?,20?,21-,22?,23?,24+,25-/m1/s1. The van der Waals surface area contributed by atoms with Gasteiger partial charge in [-0.3, -0.25) is 0 Å². The summed E-state index contributed by atoms with van der Waals surface area (Å²) >= 11 is 0. The summed E-state index contributed by atoms with van der Waals surface area (Å²) in [6.45, 7) is 10.2. The van der Waals surface area contributed by atoms with Gasteiger partial charge in [0.05, 0.1) is 12.9 Å². The van der Waals surface area contributed by atoms with Gasteiger partial charge < -0.3 is 4.74 Å². The minimum Gasteiger partial charge on any atom is -0.501 e. The molecular weight excluding hydrogens is 316 g/mol. The Balaban J connectivity index is 1.61. The number of hydrogen-bond donors (Lipinski definition) is 0. The second-order valence-corrected chi connectivity index (χ2v) is 10.5. The van der Waals surface area contributed by atoms with Crippen LogP contribution in [0.4, 0.5) is 0 Å². The fourth-order valence-corrected chi connectivity index (χ4v) is 8.09. The lowest BCUT2D eigenvalue weighted by molar-refractivity contribution is -0.0463. The molecule has 4 aliphatic rings. The molecule has 0 radical (unpaired) electrons. The van der Waals surface area contributed by atoms with Gasteiger partial charge in [-0.1, -0.05) is 46.6 Å². The monoisotopic (exact) mass is 356 g/mol. The quantitative estimate of drug-likeness (QED) is 0.520. The molecule has 0 N–H and O–H groups in total. The van der Waals surface area contributed by atoms with Crippen LogP contribution in [-0.2, 0) is 4.74 Å². The van der Waals surface area contributed by atoms with Crippen LogP contribution in [-0.4, -0.2) is 7.11 Å². The van der Waals surface area contributed by atoms with Crippen molar-refractivity contribution in [2.45, 2.75) is 85.5 Å². The highest BCUT2D eigenvalue weighted by atomic mass is 16.5. The van der Waals surface area contributed by atoms with E-state index < -0.39 is 0 Å². The van der Waals surface area contributed by atoms with Crippen molar-refractivity contribution in [1.29, 1.82) is 0 Å². The van der Waals surface area contributed by atoms with Gasteiger partial charge in [-0.25, -0.2) is 0 Å². The highest BCUT2D eigenvalue weighted by Gasteiger charge is 2.58. The third kappa shape index (κ3) is 2.63. The fourth-order valence-electron chi connectivity index (χ4n) is 8.09. The first-order valence-corrected chi connectivity index (χ1v) is 11.4. The van der Waals surface area contributed by atoms with E-state index >= 15 is 0 Å². The van der Waals surface area contributed by atoms with Crippen molar-refractivity contribution in [2.24, 2.45) is 40.4 Å². The maximum atomic E-state index is 5.59.